The van der Waals surface area contributed by atoms with E-state index in [-0.39, 0.29) is 17.3 Å². The number of hydrogen-bond acceptors (Lipinski definition) is 4. The molecule has 0 bridgehead atoms. The maximum absolute atomic E-state index is 14.2. The lowest BCUT2D eigenvalue weighted by atomic mass is 10.1. The second-order valence-electron chi connectivity index (χ2n) is 6.84. The van der Waals surface area contributed by atoms with Crippen LogP contribution in [0.25, 0.3) is 11.0 Å². The van der Waals surface area contributed by atoms with Crippen molar-refractivity contribution in [1.82, 2.24) is 14.5 Å². The van der Waals surface area contributed by atoms with E-state index in [1.165, 1.54) is 12.3 Å². The van der Waals surface area contributed by atoms with Gasteiger partial charge in [0, 0.05) is 47.6 Å². The van der Waals surface area contributed by atoms with Crippen LogP contribution in [-0.4, -0.2) is 35.8 Å². The van der Waals surface area contributed by atoms with E-state index in [1.807, 2.05) is 30.5 Å². The van der Waals surface area contributed by atoms with Crippen molar-refractivity contribution in [3.8, 4) is 0 Å². The first kappa shape index (κ1) is 20.2. The Morgan fingerprint density at radius 2 is 2.00 bits per heavy atom. The number of pyridine rings is 2. The first-order chi connectivity index (χ1) is 13.2. The summed E-state index contributed by atoms with van der Waals surface area (Å²) in [5, 5.41) is 0. The van der Waals surface area contributed by atoms with E-state index in [9.17, 15) is 12.8 Å². The van der Waals surface area contributed by atoms with Gasteiger partial charge in [0.25, 0.3) is 0 Å². The Morgan fingerprint density at radius 1 is 1.25 bits per heavy atom. The van der Waals surface area contributed by atoms with Gasteiger partial charge in [-0.3, -0.25) is 9.97 Å². The minimum Gasteiger partial charge on any atom is -0.354 e. The van der Waals surface area contributed by atoms with Crippen LogP contribution in [0.15, 0.2) is 47.3 Å². The summed E-state index contributed by atoms with van der Waals surface area (Å²) in [6.45, 7) is 4.38. The number of hydrogen-bond donors (Lipinski definition) is 1. The van der Waals surface area contributed by atoms with Crippen LogP contribution in [0.4, 0.5) is 4.39 Å². The molecule has 3 aromatic rings. The zero-order chi connectivity index (χ0) is 20.5. The fraction of sp³-hybridized carbons (Fsp3) is 0.300. The Morgan fingerprint density at radius 3 is 2.61 bits per heavy atom. The van der Waals surface area contributed by atoms with Crippen LogP contribution < -0.4 is 5.73 Å². The number of aryl methyl sites for hydroxylation is 1. The molecule has 0 saturated heterocycles. The summed E-state index contributed by atoms with van der Waals surface area (Å²) in [7, 11) is -3.29. The lowest BCUT2D eigenvalue weighted by Crippen LogP contribution is -2.49. The molecule has 3 heterocycles. The molecule has 0 aliphatic heterocycles. The summed E-state index contributed by atoms with van der Waals surface area (Å²) in [6.07, 6.45) is 4.48. The number of nitrogens with zero attached hydrogens (tertiary/aromatic N) is 3. The summed E-state index contributed by atoms with van der Waals surface area (Å²) in [6, 6.07) is 7.12. The molecule has 148 valence electrons. The fourth-order valence-corrected chi connectivity index (χ4v) is 3.77. The minimum absolute atomic E-state index is 0.128. The quantitative estimate of drug-likeness (QED) is 0.682. The average molecular weight is 404 g/mol. The third-order valence-electron chi connectivity index (χ3n) is 4.69. The van der Waals surface area contributed by atoms with Crippen molar-refractivity contribution in [2.75, 3.05) is 12.8 Å². The predicted molar refractivity (Wildman–Crippen MR) is 106 cm³/mol. The zero-order valence-corrected chi connectivity index (χ0v) is 17.1. The molecule has 0 aliphatic rings. The number of quaternary nitrogens is 1. The molecular weight excluding hydrogens is 379 g/mol. The molecule has 3 aromatic heterocycles. The van der Waals surface area contributed by atoms with Crippen molar-refractivity contribution < 1.29 is 18.5 Å². The molecule has 3 rings (SSSR count). The van der Waals surface area contributed by atoms with Crippen LogP contribution in [0.2, 0.25) is 0 Å². The minimum atomic E-state index is -3.29. The van der Waals surface area contributed by atoms with Crippen LogP contribution in [0, 0.1) is 13.8 Å². The topological polar surface area (TPSA) is 92.5 Å². The van der Waals surface area contributed by atoms with Crippen molar-refractivity contribution in [3.05, 3.63) is 65.0 Å². The molecule has 0 saturated carbocycles. The molecule has 3 N–H and O–H groups in total. The summed E-state index contributed by atoms with van der Waals surface area (Å²) in [5.74, 6) is -0.238. The Balaban J connectivity index is 2.06. The third-order valence-corrected chi connectivity index (χ3v) is 5.79. The molecule has 0 atom stereocenters. The van der Waals surface area contributed by atoms with Crippen LogP contribution in [0.3, 0.4) is 0 Å². The average Bonchev–Trinajstić information content (AvgIpc) is 2.87. The predicted octanol–water partition coefficient (Wildman–Crippen LogP) is 2.14. The molecular formula is C20H24FN4O2S+. The first-order valence-electron chi connectivity index (χ1n) is 8.94. The standard InChI is InChI=1S/C20H23FN4O2S/c1-13-4-7-19-20(24-13)18(14(2)25(19)12-15(21)8-9-22)10-16-5-6-17(11-23-16)28(3,26)27/h4-8,11H,9-10,12,22H2,1-3H3/p+1/b15-8-. The number of fused-ring (bicyclic) bond motifs is 1. The Kier molecular flexibility index (Phi) is 5.62. The Labute approximate surface area is 163 Å². The maximum atomic E-state index is 14.2. The van der Waals surface area contributed by atoms with E-state index in [0.717, 1.165) is 39.9 Å². The van der Waals surface area contributed by atoms with E-state index in [1.54, 1.807) is 12.1 Å². The van der Waals surface area contributed by atoms with Crippen LogP contribution in [0.1, 0.15) is 22.6 Å². The number of allylic oxidation sites excluding steroid dienone is 1. The second-order valence-corrected chi connectivity index (χ2v) is 8.86. The van der Waals surface area contributed by atoms with Gasteiger partial charge in [0.2, 0.25) is 0 Å². The van der Waals surface area contributed by atoms with Gasteiger partial charge in [-0.1, -0.05) is 0 Å². The number of sulfone groups is 1. The molecule has 0 aliphatic carbocycles. The van der Waals surface area contributed by atoms with Gasteiger partial charge >= 0.3 is 0 Å². The van der Waals surface area contributed by atoms with E-state index in [2.05, 4.69) is 15.7 Å². The smallest absolute Gasteiger partial charge is 0.177 e. The van der Waals surface area contributed by atoms with Crippen molar-refractivity contribution in [2.24, 2.45) is 0 Å². The van der Waals surface area contributed by atoms with Gasteiger partial charge < -0.3 is 10.3 Å². The highest BCUT2D eigenvalue weighted by atomic mass is 32.2. The Hall–Kier alpha value is -2.58. The number of halogens is 1. The molecule has 0 aromatic carbocycles. The number of aromatic nitrogens is 3. The fourth-order valence-electron chi connectivity index (χ4n) is 3.21. The lowest BCUT2D eigenvalue weighted by molar-refractivity contribution is -0.353. The first-order valence-corrected chi connectivity index (χ1v) is 10.8. The van der Waals surface area contributed by atoms with E-state index >= 15 is 0 Å². The summed E-state index contributed by atoms with van der Waals surface area (Å²) in [5.41, 5.74) is 8.81. The van der Waals surface area contributed by atoms with E-state index in [0.29, 0.717) is 13.0 Å². The van der Waals surface area contributed by atoms with Gasteiger partial charge in [-0.15, -0.1) is 0 Å². The lowest BCUT2D eigenvalue weighted by Gasteiger charge is -2.07. The number of rotatable bonds is 6. The molecule has 8 heteroatoms. The van der Waals surface area contributed by atoms with Gasteiger partial charge in [0.15, 0.2) is 9.84 Å². The molecule has 6 nitrogen and oxygen atoms in total. The van der Waals surface area contributed by atoms with Crippen molar-refractivity contribution in [2.45, 2.75) is 31.7 Å². The van der Waals surface area contributed by atoms with Gasteiger partial charge in [0.05, 0.1) is 29.0 Å². The maximum Gasteiger partial charge on any atom is 0.177 e. The zero-order valence-electron chi connectivity index (χ0n) is 16.2. The Bertz CT molecular complexity index is 1150. The van der Waals surface area contributed by atoms with Crippen LogP contribution in [-0.2, 0) is 22.8 Å². The van der Waals surface area contributed by atoms with Crippen molar-refractivity contribution in [1.29, 1.82) is 0 Å². The van der Waals surface area contributed by atoms with Crippen molar-refractivity contribution >= 4 is 20.9 Å². The highest BCUT2D eigenvalue weighted by molar-refractivity contribution is 7.90. The largest absolute Gasteiger partial charge is 0.354 e. The van der Waals surface area contributed by atoms with Gasteiger partial charge in [0.1, 0.15) is 5.83 Å². The van der Waals surface area contributed by atoms with Crippen molar-refractivity contribution in [3.63, 3.8) is 0 Å². The normalized spacial score (nSPS) is 12.7. The van der Waals surface area contributed by atoms with E-state index in [4.69, 9.17) is 0 Å². The summed E-state index contributed by atoms with van der Waals surface area (Å²) < 4.78 is 39.3. The third kappa shape index (κ3) is 4.13. The highest BCUT2D eigenvalue weighted by Gasteiger charge is 2.18. The van der Waals surface area contributed by atoms with Gasteiger partial charge in [-0.05, 0) is 38.1 Å². The monoisotopic (exact) mass is 403 g/mol. The molecule has 0 radical (unpaired) electrons. The SMILES string of the molecule is Cc1ccc2c(n1)c(Cc1ccc(S(C)(=O)=O)cn1)c(C)n2C/C(F)=C/C[NH3+]. The van der Waals surface area contributed by atoms with Crippen LogP contribution in [0.5, 0.6) is 0 Å². The second kappa shape index (κ2) is 7.81. The molecule has 28 heavy (non-hydrogen) atoms. The molecule has 0 unspecified atom stereocenters. The van der Waals surface area contributed by atoms with Gasteiger partial charge in [-0.2, -0.15) is 0 Å². The molecule has 0 fully saturated rings. The highest BCUT2D eigenvalue weighted by Crippen LogP contribution is 2.28. The molecule has 0 amide bonds. The summed E-state index contributed by atoms with van der Waals surface area (Å²) >= 11 is 0. The van der Waals surface area contributed by atoms with Gasteiger partial charge in [-0.25, -0.2) is 12.8 Å². The van der Waals surface area contributed by atoms with E-state index < -0.39 is 9.84 Å². The summed E-state index contributed by atoms with van der Waals surface area (Å²) in [4.78, 5) is 9.15. The molecule has 0 spiro atoms. The van der Waals surface area contributed by atoms with Crippen LogP contribution >= 0.6 is 0 Å².